The molecule has 3 rings (SSSR count). The predicted octanol–water partition coefficient (Wildman–Crippen LogP) is 3.15. The molecule has 19 heteroatoms. The number of benzene rings is 1. The van der Waals surface area contributed by atoms with Crippen molar-refractivity contribution >= 4 is 53.2 Å². The first-order valence-corrected chi connectivity index (χ1v) is 26.2. The van der Waals surface area contributed by atoms with E-state index in [0.717, 1.165) is 4.90 Å². The Kier molecular flexibility index (Phi) is 22.5. The lowest BCUT2D eigenvalue weighted by Gasteiger charge is -2.39. The fourth-order valence-electron chi connectivity index (χ4n) is 9.99. The van der Waals surface area contributed by atoms with Crippen LogP contribution in [0.1, 0.15) is 128 Å². The van der Waals surface area contributed by atoms with Gasteiger partial charge in [0.1, 0.15) is 42.3 Å². The van der Waals surface area contributed by atoms with Crippen molar-refractivity contribution in [3.63, 3.8) is 0 Å². The number of amides is 8. The Hall–Kier alpha value is -5.59. The average Bonchev–Trinajstić information content (AvgIpc) is 3.82. The van der Waals surface area contributed by atoms with Crippen LogP contribution in [0.3, 0.4) is 0 Å². The van der Waals surface area contributed by atoms with Crippen LogP contribution >= 0.6 is 0 Å². The Morgan fingerprint density at radius 3 is 1.64 bits per heavy atom. The van der Waals surface area contributed by atoms with Crippen molar-refractivity contribution < 1.29 is 53.0 Å². The molecule has 0 bridgehead atoms. The Bertz CT molecular complexity index is 2110. The molecule has 1 aromatic carbocycles. The summed E-state index contributed by atoms with van der Waals surface area (Å²) in [5, 5.41) is 20.3. The summed E-state index contributed by atoms with van der Waals surface area (Å²) >= 11 is 0. The fourth-order valence-corrected chi connectivity index (χ4v) is 9.99. The lowest BCUT2D eigenvalue weighted by atomic mass is 9.93. The summed E-state index contributed by atoms with van der Waals surface area (Å²) in [5.74, 6) is -8.53. The molecule has 0 spiro atoms. The second kappa shape index (κ2) is 26.6. The fraction of sp³-hybridized carbons (Fsp3) is 0.722. The third-order valence-electron chi connectivity index (χ3n) is 14.7. The summed E-state index contributed by atoms with van der Waals surface area (Å²) < 4.78 is 6.04. The Morgan fingerprint density at radius 2 is 1.15 bits per heavy atom. The van der Waals surface area contributed by atoms with E-state index < -0.39 is 137 Å². The SMILES string of the molecule is CC[C@H](C)[C@@H]1NC(=O)[C@@H]2CCCN2C(=O)[C@H](C)N(C)C(=O)[C@H](Cc2ccccc2)NC(=O)[C@H](C(C)C)N(C)C(=O)[C@@H]([C@@H](C)CC)OC(=O)[C@H](C(C)(C)O)N(C)C(=O)[C@H](CC(C)C)NC(=O)[C@H](C(C)C)N(C)C1=O. The van der Waals surface area contributed by atoms with E-state index >= 15 is 0 Å². The zero-order chi connectivity index (χ0) is 55.6. The molecule has 8 amide bonds. The molecule has 19 nitrogen and oxygen atoms in total. The van der Waals surface area contributed by atoms with Crippen molar-refractivity contribution in [2.45, 2.75) is 189 Å². The third kappa shape index (κ3) is 15.3. The number of nitrogens with zero attached hydrogens (tertiary/aromatic N) is 5. The highest BCUT2D eigenvalue weighted by atomic mass is 16.6. The number of fused-ring (bicyclic) bond motifs is 1. The lowest BCUT2D eigenvalue weighted by molar-refractivity contribution is -0.177. The van der Waals surface area contributed by atoms with Crippen LogP contribution in [0, 0.1) is 29.6 Å². The molecule has 0 aliphatic carbocycles. The quantitative estimate of drug-likeness (QED) is 0.235. The minimum Gasteiger partial charge on any atom is -0.450 e. The van der Waals surface area contributed by atoms with Gasteiger partial charge in [-0.15, -0.1) is 0 Å². The second-order valence-electron chi connectivity index (χ2n) is 22.2. The van der Waals surface area contributed by atoms with E-state index in [1.54, 1.807) is 79.7 Å². The van der Waals surface area contributed by atoms with Crippen molar-refractivity contribution in [3.8, 4) is 0 Å². The number of hydrogen-bond acceptors (Lipinski definition) is 11. The molecule has 410 valence electrons. The van der Waals surface area contributed by atoms with Gasteiger partial charge in [-0.2, -0.15) is 0 Å². The first-order chi connectivity index (χ1) is 33.9. The molecule has 0 aromatic heterocycles. The van der Waals surface area contributed by atoms with Crippen LogP contribution in [0.2, 0.25) is 0 Å². The first-order valence-electron chi connectivity index (χ1n) is 26.2. The highest BCUT2D eigenvalue weighted by Crippen LogP contribution is 2.26. The van der Waals surface area contributed by atoms with Gasteiger partial charge in [-0.3, -0.25) is 38.4 Å². The van der Waals surface area contributed by atoms with E-state index in [0.29, 0.717) is 24.8 Å². The summed E-state index contributed by atoms with van der Waals surface area (Å²) in [5.41, 5.74) is -1.26. The molecule has 2 saturated heterocycles. The number of rotatable bonds is 11. The molecule has 2 fully saturated rings. The van der Waals surface area contributed by atoms with Gasteiger partial charge < -0.3 is 50.3 Å². The van der Waals surface area contributed by atoms with Gasteiger partial charge in [0.15, 0.2) is 12.1 Å². The largest absolute Gasteiger partial charge is 0.450 e. The van der Waals surface area contributed by atoms with Crippen LogP contribution in [0.4, 0.5) is 0 Å². The highest BCUT2D eigenvalue weighted by molar-refractivity contribution is 5.99. The summed E-state index contributed by atoms with van der Waals surface area (Å²) in [6.07, 6.45) is 0.163. The topological polar surface area (TPSA) is 235 Å². The average molecular weight is 1030 g/mol. The number of esters is 1. The van der Waals surface area contributed by atoms with Gasteiger partial charge >= 0.3 is 5.97 Å². The molecule has 2 aliphatic rings. The monoisotopic (exact) mass is 1020 g/mol. The molecule has 2 heterocycles. The molecule has 4 N–H and O–H groups in total. The maximum atomic E-state index is 14.7. The number of ether oxygens (including phenoxy) is 1. The van der Waals surface area contributed by atoms with E-state index in [4.69, 9.17) is 4.74 Å². The van der Waals surface area contributed by atoms with E-state index in [9.17, 15) is 48.3 Å². The Labute approximate surface area is 434 Å². The normalized spacial score (nSPS) is 27.8. The number of aliphatic hydroxyl groups is 1. The molecule has 2 aliphatic heterocycles. The van der Waals surface area contributed by atoms with Crippen LogP contribution in [0.5, 0.6) is 0 Å². The molecule has 1 aromatic rings. The molecular weight excluding hydrogens is 937 g/mol. The number of hydrogen-bond donors (Lipinski definition) is 4. The van der Waals surface area contributed by atoms with Gasteiger partial charge in [-0.25, -0.2) is 4.79 Å². The smallest absolute Gasteiger partial charge is 0.332 e. The summed E-state index contributed by atoms with van der Waals surface area (Å²) in [4.78, 5) is 137. The third-order valence-corrected chi connectivity index (χ3v) is 14.7. The molecular formula is C54H88N8O11. The van der Waals surface area contributed by atoms with Crippen molar-refractivity contribution in [1.82, 2.24) is 40.4 Å². The predicted molar refractivity (Wildman–Crippen MR) is 277 cm³/mol. The minimum atomic E-state index is -1.96. The van der Waals surface area contributed by atoms with Crippen LogP contribution in [0.15, 0.2) is 30.3 Å². The van der Waals surface area contributed by atoms with Crippen molar-refractivity contribution in [1.29, 1.82) is 0 Å². The number of carbonyl (C=O) groups is 9. The molecule has 0 radical (unpaired) electrons. The Balaban J connectivity index is 2.30. The van der Waals surface area contributed by atoms with Gasteiger partial charge in [-0.05, 0) is 75.7 Å². The van der Waals surface area contributed by atoms with E-state index in [1.165, 1.54) is 61.6 Å². The van der Waals surface area contributed by atoms with Gasteiger partial charge in [0, 0.05) is 47.1 Å². The number of cyclic esters (lactones) is 1. The van der Waals surface area contributed by atoms with Crippen LogP contribution in [0.25, 0.3) is 0 Å². The zero-order valence-corrected chi connectivity index (χ0v) is 46.7. The van der Waals surface area contributed by atoms with Crippen molar-refractivity contribution in [2.24, 2.45) is 29.6 Å². The number of nitrogens with one attached hydrogen (secondary N) is 3. The van der Waals surface area contributed by atoms with E-state index in [1.807, 2.05) is 26.8 Å². The summed E-state index contributed by atoms with van der Waals surface area (Å²) in [7, 11) is 5.61. The van der Waals surface area contributed by atoms with Crippen LogP contribution in [-0.2, 0) is 54.3 Å². The van der Waals surface area contributed by atoms with Crippen molar-refractivity contribution in [2.75, 3.05) is 34.7 Å². The van der Waals surface area contributed by atoms with Crippen LogP contribution < -0.4 is 16.0 Å². The van der Waals surface area contributed by atoms with E-state index in [2.05, 4.69) is 16.0 Å². The van der Waals surface area contributed by atoms with Gasteiger partial charge in [0.2, 0.25) is 41.4 Å². The van der Waals surface area contributed by atoms with Gasteiger partial charge in [0.05, 0.1) is 5.60 Å². The molecule has 11 atom stereocenters. The van der Waals surface area contributed by atoms with Gasteiger partial charge in [-0.1, -0.05) is 106 Å². The molecule has 0 unspecified atom stereocenters. The Morgan fingerprint density at radius 1 is 0.644 bits per heavy atom. The lowest BCUT2D eigenvalue weighted by Crippen LogP contribution is -2.63. The van der Waals surface area contributed by atoms with Crippen molar-refractivity contribution in [3.05, 3.63) is 35.9 Å². The maximum Gasteiger partial charge on any atom is 0.332 e. The standard InChI is InChI=1S/C54H88N8O11/c1-18-33(9)40-51(69)59(15)41(31(5)6)46(64)55-37(28-30(3)4)50(68)61(17)44(54(12,13)72)53(71)73-43(34(10)19-2)52(70)60(16)42(32(7)8)47(65)56-38(29-36-24-21-20-22-25-36)49(67)58(14)35(11)48(66)62-27-23-26-39(62)45(63)57-40/h20-22,24-25,30-35,37-44,72H,18-19,23,26-29H2,1-17H3,(H,55,64)(H,56,65)(H,57,63)/t33-,34-,35-,37-,38-,39-,40-,41-,42-,43+,44+/m0/s1. The zero-order valence-electron chi connectivity index (χ0n) is 46.7. The van der Waals surface area contributed by atoms with Gasteiger partial charge in [0.25, 0.3) is 5.91 Å². The first kappa shape index (κ1) is 61.7. The maximum absolute atomic E-state index is 14.7. The van der Waals surface area contributed by atoms with E-state index in [-0.39, 0.29) is 31.7 Å². The number of carbonyl (C=O) groups excluding carboxylic acids is 9. The highest BCUT2D eigenvalue weighted by Gasteiger charge is 2.47. The molecule has 0 saturated carbocycles. The van der Waals surface area contributed by atoms with Crippen LogP contribution in [-0.4, -0.2) is 178 Å². The number of likely N-dealkylation sites (N-methyl/N-ethyl adjacent to an activating group) is 4. The second-order valence-corrected chi connectivity index (χ2v) is 22.2. The molecule has 73 heavy (non-hydrogen) atoms. The minimum absolute atomic E-state index is 0.0157. The summed E-state index contributed by atoms with van der Waals surface area (Å²) in [6, 6.07) is -0.828. The summed E-state index contributed by atoms with van der Waals surface area (Å²) in [6.45, 7) is 22.2.